The lowest BCUT2D eigenvalue weighted by Gasteiger charge is -2.38. The smallest absolute Gasteiger partial charge is 0.307 e. The molecule has 2 aromatic rings. The van der Waals surface area contributed by atoms with E-state index in [-0.39, 0.29) is 19.4 Å². The quantitative estimate of drug-likeness (QED) is 0.148. The highest BCUT2D eigenvalue weighted by molar-refractivity contribution is 5.90. The first-order chi connectivity index (χ1) is 18.7. The van der Waals surface area contributed by atoms with Crippen LogP contribution in [0.2, 0.25) is 0 Å². The van der Waals surface area contributed by atoms with E-state index >= 15 is 0 Å². The number of hydrogen-bond donors (Lipinski definition) is 7. The lowest BCUT2D eigenvalue weighted by atomic mass is 9.98. The minimum atomic E-state index is -1.52. The summed E-state index contributed by atoms with van der Waals surface area (Å²) >= 11 is 0. The highest BCUT2D eigenvalue weighted by Gasteiger charge is 2.42. The highest BCUT2D eigenvalue weighted by Crippen LogP contribution is 2.19. The zero-order valence-electron chi connectivity index (χ0n) is 21.4. The molecule has 1 aliphatic rings. The van der Waals surface area contributed by atoms with Crippen molar-refractivity contribution >= 4 is 17.8 Å². The van der Waals surface area contributed by atoms with Gasteiger partial charge in [-0.1, -0.05) is 60.7 Å². The number of rotatable bonds is 12. The molecule has 7 unspecified atom stereocenters. The average Bonchev–Trinajstić information content (AvgIpc) is 2.93. The summed E-state index contributed by atoms with van der Waals surface area (Å²) in [6.45, 7) is -0.514. The van der Waals surface area contributed by atoms with Crippen LogP contribution in [0.25, 0.3) is 0 Å². The fraction of sp³-hybridized carbons (Fsp3) is 0.444. The fourth-order valence-corrected chi connectivity index (χ4v) is 4.06. The average molecular weight is 545 g/mol. The summed E-state index contributed by atoms with van der Waals surface area (Å²) in [5, 5.41) is 34.9. The van der Waals surface area contributed by atoms with E-state index in [4.69, 9.17) is 20.9 Å². The monoisotopic (exact) mass is 544 g/mol. The van der Waals surface area contributed by atoms with Crippen molar-refractivity contribution in [2.75, 3.05) is 13.2 Å². The first-order valence-corrected chi connectivity index (χ1v) is 12.7. The molecule has 1 fully saturated rings. The van der Waals surface area contributed by atoms with Crippen LogP contribution in [-0.2, 0) is 36.7 Å². The van der Waals surface area contributed by atoms with Gasteiger partial charge < -0.3 is 46.9 Å². The van der Waals surface area contributed by atoms with Crippen LogP contribution in [0.5, 0.6) is 0 Å². The first kappa shape index (κ1) is 30.2. The highest BCUT2D eigenvalue weighted by atomic mass is 16.6. The van der Waals surface area contributed by atoms with Gasteiger partial charge in [-0.15, -0.1) is 0 Å². The fourth-order valence-electron chi connectivity index (χ4n) is 4.06. The van der Waals surface area contributed by atoms with Crippen LogP contribution in [0.3, 0.4) is 0 Å². The number of nitrogens with two attached hydrogens (primary N) is 2. The lowest BCUT2D eigenvalue weighted by Crippen LogP contribution is -2.62. The summed E-state index contributed by atoms with van der Waals surface area (Å²) in [5.74, 6) is -1.69. The minimum Gasteiger partial charge on any atom is -0.463 e. The van der Waals surface area contributed by atoms with Crippen LogP contribution >= 0.6 is 0 Å². The van der Waals surface area contributed by atoms with Crippen molar-refractivity contribution in [3.05, 3.63) is 71.8 Å². The standard InChI is InChI=1S/C27H36N4O8/c28-18(13-16-7-3-1-4-8-16)25(35)31-19(14-17-9-5-2-6-10-17)26(36)30-12-11-21(32)38-15-20-23(33)24(34)22(29)27(37)39-20/h1-10,18-20,22-24,27,33-34,37H,11-15,28-29H2,(H,30,36)(H,31,35). The molecule has 1 saturated heterocycles. The van der Waals surface area contributed by atoms with E-state index in [0.29, 0.717) is 6.42 Å². The van der Waals surface area contributed by atoms with E-state index in [2.05, 4.69) is 10.6 Å². The van der Waals surface area contributed by atoms with Crippen molar-refractivity contribution in [3.63, 3.8) is 0 Å². The Morgan fingerprint density at radius 2 is 1.49 bits per heavy atom. The Labute approximate surface area is 226 Å². The largest absolute Gasteiger partial charge is 0.463 e. The second-order valence-corrected chi connectivity index (χ2v) is 9.39. The summed E-state index contributed by atoms with van der Waals surface area (Å²) in [5.41, 5.74) is 13.3. The Kier molecular flexibility index (Phi) is 11.3. The SMILES string of the molecule is NC(Cc1ccccc1)C(=O)NC(Cc1ccccc1)C(=O)NCCC(=O)OCC1OC(O)C(N)C(O)C1O. The van der Waals surface area contributed by atoms with E-state index in [9.17, 15) is 29.7 Å². The number of ether oxygens (including phenoxy) is 2. The van der Waals surface area contributed by atoms with Crippen LogP contribution in [0.1, 0.15) is 17.5 Å². The Balaban J connectivity index is 1.50. The molecule has 7 atom stereocenters. The van der Waals surface area contributed by atoms with Crippen LogP contribution < -0.4 is 22.1 Å². The van der Waals surface area contributed by atoms with Gasteiger partial charge in [0.15, 0.2) is 6.29 Å². The topological polar surface area (TPSA) is 206 Å². The normalized spacial score (nSPS) is 24.3. The van der Waals surface area contributed by atoms with E-state index in [1.165, 1.54) is 0 Å². The number of aliphatic hydroxyl groups excluding tert-OH is 3. The molecule has 9 N–H and O–H groups in total. The van der Waals surface area contributed by atoms with Gasteiger partial charge in [-0.25, -0.2) is 0 Å². The number of nitrogens with one attached hydrogen (secondary N) is 2. The molecule has 0 saturated carbocycles. The van der Waals surface area contributed by atoms with Crippen molar-refractivity contribution in [1.29, 1.82) is 0 Å². The number of benzene rings is 2. The Hall–Kier alpha value is -3.39. The Morgan fingerprint density at radius 3 is 2.10 bits per heavy atom. The summed E-state index contributed by atoms with van der Waals surface area (Å²) < 4.78 is 10.1. The van der Waals surface area contributed by atoms with Gasteiger partial charge in [0, 0.05) is 13.0 Å². The maximum atomic E-state index is 13.0. The maximum Gasteiger partial charge on any atom is 0.307 e. The molecular weight excluding hydrogens is 508 g/mol. The van der Waals surface area contributed by atoms with Gasteiger partial charge in [-0.3, -0.25) is 14.4 Å². The van der Waals surface area contributed by atoms with Gasteiger partial charge in [0.2, 0.25) is 11.8 Å². The van der Waals surface area contributed by atoms with Gasteiger partial charge >= 0.3 is 5.97 Å². The number of esters is 1. The van der Waals surface area contributed by atoms with Gasteiger partial charge in [-0.2, -0.15) is 0 Å². The van der Waals surface area contributed by atoms with Gasteiger partial charge in [0.1, 0.15) is 31.0 Å². The molecule has 3 rings (SSSR count). The van der Waals surface area contributed by atoms with Gasteiger partial charge in [0.05, 0.1) is 18.5 Å². The molecule has 1 aliphatic heterocycles. The van der Waals surface area contributed by atoms with Crippen molar-refractivity contribution < 1.29 is 39.2 Å². The number of hydrogen-bond acceptors (Lipinski definition) is 10. The molecule has 1 heterocycles. The van der Waals surface area contributed by atoms with Gasteiger partial charge in [0.25, 0.3) is 0 Å². The van der Waals surface area contributed by atoms with Crippen molar-refractivity contribution in [1.82, 2.24) is 10.6 Å². The summed E-state index contributed by atoms with van der Waals surface area (Å²) in [6, 6.07) is 15.4. The molecule has 0 aromatic heterocycles. The molecule has 0 aliphatic carbocycles. The van der Waals surface area contributed by atoms with Crippen molar-refractivity contribution in [2.45, 2.75) is 62.0 Å². The predicted octanol–water partition coefficient (Wildman–Crippen LogP) is -1.90. The summed E-state index contributed by atoms with van der Waals surface area (Å²) in [6.07, 6.45) is -5.29. The minimum absolute atomic E-state index is 0.0842. The van der Waals surface area contributed by atoms with E-state index in [0.717, 1.165) is 11.1 Å². The van der Waals surface area contributed by atoms with Crippen molar-refractivity contribution in [3.8, 4) is 0 Å². The summed E-state index contributed by atoms with van der Waals surface area (Å²) in [4.78, 5) is 37.9. The molecule has 39 heavy (non-hydrogen) atoms. The number of aliphatic hydroxyl groups is 3. The molecule has 212 valence electrons. The number of carbonyl (C=O) groups is 3. The Bertz CT molecular complexity index is 1070. The van der Waals surface area contributed by atoms with Crippen LogP contribution in [0.4, 0.5) is 0 Å². The molecule has 12 nitrogen and oxygen atoms in total. The third kappa shape index (κ3) is 9.10. The van der Waals surface area contributed by atoms with Gasteiger partial charge in [-0.05, 0) is 17.5 Å². The zero-order valence-corrected chi connectivity index (χ0v) is 21.4. The predicted molar refractivity (Wildman–Crippen MR) is 140 cm³/mol. The van der Waals surface area contributed by atoms with E-state index in [1.54, 1.807) is 0 Å². The molecule has 0 radical (unpaired) electrons. The summed E-state index contributed by atoms with van der Waals surface area (Å²) in [7, 11) is 0. The van der Waals surface area contributed by atoms with E-state index in [1.807, 2.05) is 60.7 Å². The zero-order chi connectivity index (χ0) is 28.4. The number of amides is 2. The van der Waals surface area contributed by atoms with Crippen LogP contribution in [0, 0.1) is 0 Å². The molecule has 12 heteroatoms. The molecule has 2 amide bonds. The molecule has 0 spiro atoms. The van der Waals surface area contributed by atoms with Crippen LogP contribution in [0.15, 0.2) is 60.7 Å². The van der Waals surface area contributed by atoms with Crippen molar-refractivity contribution in [2.24, 2.45) is 11.5 Å². The lowest BCUT2D eigenvalue weighted by molar-refractivity contribution is -0.251. The molecular formula is C27H36N4O8. The first-order valence-electron chi connectivity index (χ1n) is 12.7. The van der Waals surface area contributed by atoms with Crippen LogP contribution in [-0.4, -0.2) is 89.0 Å². The second-order valence-electron chi connectivity index (χ2n) is 9.39. The molecule has 2 aromatic carbocycles. The number of carbonyl (C=O) groups excluding carboxylic acids is 3. The third-order valence-electron chi connectivity index (χ3n) is 6.36. The molecule has 0 bridgehead atoms. The second kappa shape index (κ2) is 14.7. The Morgan fingerprint density at radius 1 is 0.897 bits per heavy atom. The van der Waals surface area contributed by atoms with E-state index < -0.39 is 67.1 Å². The third-order valence-corrected chi connectivity index (χ3v) is 6.36. The maximum absolute atomic E-state index is 13.0.